The number of aromatic amines is 1. The van der Waals surface area contributed by atoms with Gasteiger partial charge in [-0.1, -0.05) is 30.3 Å². The predicted octanol–water partition coefficient (Wildman–Crippen LogP) is 2.45. The third kappa shape index (κ3) is 4.19. The quantitative estimate of drug-likeness (QED) is 0.486. The van der Waals surface area contributed by atoms with Gasteiger partial charge in [-0.05, 0) is 37.1 Å². The second-order valence-corrected chi connectivity index (χ2v) is 8.26. The maximum absolute atomic E-state index is 9.53. The van der Waals surface area contributed by atoms with Crippen LogP contribution < -0.4 is 4.90 Å². The SMILES string of the molecule is Cc1n[nH]c2ccc(-c3nncc(N4CCN(CCO)[C@@H](Cc5ccccc5)C4)n3)cc12. The molecule has 1 aliphatic rings. The number of nitrogens with zero attached hydrogens (tertiary/aromatic N) is 6. The average molecular weight is 430 g/mol. The molecule has 4 aromatic rings. The molecule has 0 saturated carbocycles. The molecule has 1 atom stereocenters. The van der Waals surface area contributed by atoms with Crippen molar-refractivity contribution in [2.75, 3.05) is 37.7 Å². The lowest BCUT2D eigenvalue weighted by atomic mass is 10.0. The van der Waals surface area contributed by atoms with Gasteiger partial charge in [-0.2, -0.15) is 10.2 Å². The van der Waals surface area contributed by atoms with Crippen LogP contribution in [0.25, 0.3) is 22.3 Å². The van der Waals surface area contributed by atoms with Crippen LogP contribution in [-0.4, -0.2) is 74.2 Å². The van der Waals surface area contributed by atoms with Gasteiger partial charge in [0.2, 0.25) is 0 Å². The van der Waals surface area contributed by atoms with Crippen molar-refractivity contribution in [2.24, 2.45) is 0 Å². The summed E-state index contributed by atoms with van der Waals surface area (Å²) in [7, 11) is 0. The molecule has 0 spiro atoms. The number of rotatable bonds is 6. The summed E-state index contributed by atoms with van der Waals surface area (Å²) in [6, 6.07) is 16.9. The molecule has 5 rings (SSSR count). The first-order valence-electron chi connectivity index (χ1n) is 11.0. The van der Waals surface area contributed by atoms with Crippen LogP contribution in [0.3, 0.4) is 0 Å². The summed E-state index contributed by atoms with van der Waals surface area (Å²) >= 11 is 0. The molecule has 32 heavy (non-hydrogen) atoms. The van der Waals surface area contributed by atoms with Crippen LogP contribution in [0.1, 0.15) is 11.3 Å². The molecule has 0 amide bonds. The summed E-state index contributed by atoms with van der Waals surface area (Å²) < 4.78 is 0. The third-order valence-corrected chi connectivity index (χ3v) is 6.19. The molecule has 0 aliphatic carbocycles. The van der Waals surface area contributed by atoms with E-state index in [-0.39, 0.29) is 6.61 Å². The van der Waals surface area contributed by atoms with Crippen molar-refractivity contribution in [1.29, 1.82) is 0 Å². The fourth-order valence-corrected chi connectivity index (χ4v) is 4.46. The van der Waals surface area contributed by atoms with Gasteiger partial charge >= 0.3 is 0 Å². The number of aromatic nitrogens is 5. The summed E-state index contributed by atoms with van der Waals surface area (Å²) in [6.45, 7) is 5.37. The number of benzene rings is 2. The predicted molar refractivity (Wildman–Crippen MR) is 124 cm³/mol. The maximum Gasteiger partial charge on any atom is 0.183 e. The van der Waals surface area contributed by atoms with Crippen molar-refractivity contribution in [3.63, 3.8) is 0 Å². The Morgan fingerprint density at radius 2 is 2.00 bits per heavy atom. The van der Waals surface area contributed by atoms with E-state index in [0.717, 1.165) is 54.0 Å². The summed E-state index contributed by atoms with van der Waals surface area (Å²) in [5.74, 6) is 1.45. The van der Waals surface area contributed by atoms with Crippen LogP contribution in [0.4, 0.5) is 5.82 Å². The van der Waals surface area contributed by atoms with Crippen LogP contribution in [0, 0.1) is 6.92 Å². The zero-order valence-corrected chi connectivity index (χ0v) is 18.1. The first-order valence-corrected chi connectivity index (χ1v) is 11.0. The Bertz CT molecular complexity index is 1190. The Morgan fingerprint density at radius 3 is 2.84 bits per heavy atom. The molecule has 1 aliphatic heterocycles. The van der Waals surface area contributed by atoms with E-state index in [1.54, 1.807) is 6.20 Å². The van der Waals surface area contributed by atoms with Crippen molar-refractivity contribution in [2.45, 2.75) is 19.4 Å². The lowest BCUT2D eigenvalue weighted by molar-refractivity contribution is 0.136. The van der Waals surface area contributed by atoms with Crippen molar-refractivity contribution in [3.05, 3.63) is 66.0 Å². The molecule has 0 unspecified atom stereocenters. The number of β-amino-alcohol motifs (C(OH)–C–C–N with tert-alkyl or cyclic N) is 1. The topological polar surface area (TPSA) is 94.1 Å². The van der Waals surface area contributed by atoms with Crippen molar-refractivity contribution in [3.8, 4) is 11.4 Å². The lowest BCUT2D eigenvalue weighted by Crippen LogP contribution is -2.55. The van der Waals surface area contributed by atoms with Gasteiger partial charge in [0.1, 0.15) is 0 Å². The van der Waals surface area contributed by atoms with Crippen molar-refractivity contribution >= 4 is 16.7 Å². The lowest BCUT2D eigenvalue weighted by Gasteiger charge is -2.41. The van der Waals surface area contributed by atoms with E-state index in [0.29, 0.717) is 18.4 Å². The van der Waals surface area contributed by atoms with E-state index >= 15 is 0 Å². The molecule has 1 fully saturated rings. The first kappa shape index (κ1) is 20.5. The summed E-state index contributed by atoms with van der Waals surface area (Å²) in [6.07, 6.45) is 2.67. The summed E-state index contributed by atoms with van der Waals surface area (Å²) in [5, 5.41) is 26.5. The summed E-state index contributed by atoms with van der Waals surface area (Å²) in [5.41, 5.74) is 4.18. The summed E-state index contributed by atoms with van der Waals surface area (Å²) in [4.78, 5) is 9.50. The molecule has 1 saturated heterocycles. The number of hydrogen-bond donors (Lipinski definition) is 2. The molecule has 0 bridgehead atoms. The zero-order valence-electron chi connectivity index (χ0n) is 18.1. The number of aryl methyl sites for hydroxylation is 1. The number of fused-ring (bicyclic) bond motifs is 1. The molecular formula is C24H27N7O. The van der Waals surface area contributed by atoms with Crippen molar-refractivity contribution < 1.29 is 5.11 Å². The smallest absolute Gasteiger partial charge is 0.183 e. The highest BCUT2D eigenvalue weighted by Crippen LogP contribution is 2.25. The molecule has 3 heterocycles. The maximum atomic E-state index is 9.53. The largest absolute Gasteiger partial charge is 0.395 e. The Morgan fingerprint density at radius 1 is 1.12 bits per heavy atom. The monoisotopic (exact) mass is 429 g/mol. The number of H-pyrrole nitrogens is 1. The molecule has 8 nitrogen and oxygen atoms in total. The van der Waals surface area contributed by atoms with Gasteiger partial charge in [0, 0.05) is 43.2 Å². The van der Waals surface area contributed by atoms with Gasteiger partial charge in [-0.3, -0.25) is 10.00 Å². The van der Waals surface area contributed by atoms with Crippen molar-refractivity contribution in [1.82, 2.24) is 30.3 Å². The number of hydrogen-bond acceptors (Lipinski definition) is 7. The normalized spacial score (nSPS) is 17.2. The number of nitrogens with one attached hydrogen (secondary N) is 1. The third-order valence-electron chi connectivity index (χ3n) is 6.19. The fraction of sp³-hybridized carbons (Fsp3) is 0.333. The van der Waals surface area contributed by atoms with Gasteiger partial charge in [0.15, 0.2) is 11.6 Å². The van der Waals surface area contributed by atoms with Crippen LogP contribution in [-0.2, 0) is 6.42 Å². The standard InChI is InChI=1S/C24H27N7O/c1-17-21-14-19(7-8-22(21)28-27-17)24-26-23(15-25-29-24)31-10-9-30(11-12-32)20(16-31)13-18-5-3-2-4-6-18/h2-8,14-15,20,32H,9-13,16H2,1H3,(H,27,28)/t20-/m0/s1. The molecule has 2 aromatic carbocycles. The minimum absolute atomic E-state index is 0.167. The molecule has 164 valence electrons. The number of aliphatic hydroxyl groups is 1. The number of piperazine rings is 1. The molecule has 2 aromatic heterocycles. The van der Waals surface area contributed by atoms with E-state index in [2.05, 4.69) is 60.5 Å². The Hall–Kier alpha value is -3.36. The minimum atomic E-state index is 0.167. The van der Waals surface area contributed by atoms with Gasteiger partial charge in [0.25, 0.3) is 0 Å². The highest BCUT2D eigenvalue weighted by Gasteiger charge is 2.28. The van der Waals surface area contributed by atoms with Gasteiger partial charge in [-0.25, -0.2) is 4.98 Å². The second-order valence-electron chi connectivity index (χ2n) is 8.26. The highest BCUT2D eigenvalue weighted by molar-refractivity contribution is 5.85. The molecule has 8 heteroatoms. The Balaban J connectivity index is 1.39. The minimum Gasteiger partial charge on any atom is -0.395 e. The van der Waals surface area contributed by atoms with Gasteiger partial charge < -0.3 is 10.0 Å². The van der Waals surface area contributed by atoms with Gasteiger partial charge in [-0.15, -0.1) is 5.10 Å². The van der Waals surface area contributed by atoms with Crippen LogP contribution in [0.15, 0.2) is 54.7 Å². The fourth-order valence-electron chi connectivity index (χ4n) is 4.46. The Labute approximate surface area is 186 Å². The van der Waals surface area contributed by atoms with Crippen LogP contribution in [0.5, 0.6) is 0 Å². The highest BCUT2D eigenvalue weighted by atomic mass is 16.3. The zero-order chi connectivity index (χ0) is 21.9. The molecule has 0 radical (unpaired) electrons. The van der Waals surface area contributed by atoms with Crippen LogP contribution >= 0.6 is 0 Å². The van der Waals surface area contributed by atoms with E-state index in [1.165, 1.54) is 5.56 Å². The second kappa shape index (κ2) is 9.02. The van der Waals surface area contributed by atoms with Gasteiger partial charge in [0.05, 0.1) is 24.0 Å². The molecule has 2 N–H and O–H groups in total. The van der Waals surface area contributed by atoms with E-state index in [1.807, 2.05) is 25.1 Å². The molecular weight excluding hydrogens is 402 g/mol. The van der Waals surface area contributed by atoms with Crippen LogP contribution in [0.2, 0.25) is 0 Å². The first-order chi connectivity index (χ1) is 15.7. The van der Waals surface area contributed by atoms with E-state index in [4.69, 9.17) is 4.98 Å². The van der Waals surface area contributed by atoms with E-state index < -0.39 is 0 Å². The number of aliphatic hydroxyl groups excluding tert-OH is 1. The number of anilines is 1. The Kier molecular flexibility index (Phi) is 5.79. The van der Waals surface area contributed by atoms with E-state index in [9.17, 15) is 5.11 Å². The average Bonchev–Trinajstić information content (AvgIpc) is 3.21.